The van der Waals surface area contributed by atoms with Crippen LogP contribution in [0.15, 0.2) is 0 Å². The molecule has 1 aliphatic rings. The van der Waals surface area contributed by atoms with Gasteiger partial charge in [0.1, 0.15) is 0 Å². The second-order valence-corrected chi connectivity index (χ2v) is 9.16. The van der Waals surface area contributed by atoms with Crippen molar-refractivity contribution in [2.45, 2.75) is 92.9 Å². The van der Waals surface area contributed by atoms with Crippen molar-refractivity contribution in [2.75, 3.05) is 32.8 Å². The Morgan fingerprint density at radius 2 is 1.17 bits per heavy atom. The van der Waals surface area contributed by atoms with E-state index in [1.54, 1.807) is 0 Å². The monoisotopic (exact) mass is 338 g/mol. The standard InChI is InChI=1S/C22H46N2/c1-7-11-13-20(9-3)15-23-17-22(5,6)18-24(19-23)16-21(10-4)14-12-8-2/h20-21H,7-19H2,1-6H3/t20-,21+. The van der Waals surface area contributed by atoms with Gasteiger partial charge in [0.15, 0.2) is 0 Å². The molecule has 0 spiro atoms. The lowest BCUT2D eigenvalue weighted by Gasteiger charge is -2.46. The minimum absolute atomic E-state index is 0.435. The molecule has 0 aliphatic carbocycles. The van der Waals surface area contributed by atoms with Gasteiger partial charge in [-0.2, -0.15) is 0 Å². The highest BCUT2D eigenvalue weighted by Gasteiger charge is 2.32. The van der Waals surface area contributed by atoms with Crippen LogP contribution >= 0.6 is 0 Å². The summed E-state index contributed by atoms with van der Waals surface area (Å²) in [5.74, 6) is 1.78. The molecule has 1 rings (SSSR count). The van der Waals surface area contributed by atoms with Gasteiger partial charge in [-0.1, -0.05) is 80.1 Å². The van der Waals surface area contributed by atoms with Crippen LogP contribution in [0.1, 0.15) is 92.9 Å². The minimum Gasteiger partial charge on any atom is -0.290 e. The van der Waals surface area contributed by atoms with Crippen molar-refractivity contribution in [3.63, 3.8) is 0 Å². The van der Waals surface area contributed by atoms with Crippen molar-refractivity contribution in [2.24, 2.45) is 17.3 Å². The molecule has 1 heterocycles. The predicted molar refractivity (Wildman–Crippen MR) is 108 cm³/mol. The van der Waals surface area contributed by atoms with E-state index in [1.165, 1.54) is 84.2 Å². The van der Waals surface area contributed by atoms with E-state index < -0.39 is 0 Å². The summed E-state index contributed by atoms with van der Waals surface area (Å²) in [6.07, 6.45) is 11.0. The van der Waals surface area contributed by atoms with Crippen LogP contribution in [-0.2, 0) is 0 Å². The number of hydrogen-bond acceptors (Lipinski definition) is 2. The van der Waals surface area contributed by atoms with Crippen LogP contribution in [-0.4, -0.2) is 42.6 Å². The molecule has 144 valence electrons. The Morgan fingerprint density at radius 3 is 1.50 bits per heavy atom. The zero-order valence-electron chi connectivity index (χ0n) is 17.7. The topological polar surface area (TPSA) is 6.48 Å². The summed E-state index contributed by atoms with van der Waals surface area (Å²) in [6.45, 7) is 20.7. The lowest BCUT2D eigenvalue weighted by Crippen LogP contribution is -2.55. The molecule has 1 fully saturated rings. The van der Waals surface area contributed by atoms with Crippen LogP contribution in [0, 0.1) is 17.3 Å². The van der Waals surface area contributed by atoms with E-state index in [4.69, 9.17) is 0 Å². The van der Waals surface area contributed by atoms with Gasteiger partial charge in [0, 0.05) is 26.2 Å². The SMILES string of the molecule is CCCC[C@@H](CC)CN1CN(C[C@@H](CC)CCCC)CC(C)(C)C1. The van der Waals surface area contributed by atoms with E-state index in [-0.39, 0.29) is 0 Å². The van der Waals surface area contributed by atoms with E-state index in [0.717, 1.165) is 11.8 Å². The Balaban J connectivity index is 2.58. The van der Waals surface area contributed by atoms with Gasteiger partial charge in [-0.25, -0.2) is 0 Å². The van der Waals surface area contributed by atoms with E-state index in [1.807, 2.05) is 0 Å². The maximum atomic E-state index is 2.76. The quantitative estimate of drug-likeness (QED) is 0.429. The second kappa shape index (κ2) is 11.5. The molecule has 0 aromatic carbocycles. The number of rotatable bonds is 12. The zero-order chi connectivity index (χ0) is 18.0. The first-order chi connectivity index (χ1) is 11.4. The smallest absolute Gasteiger partial charge is 0.0506 e. The average Bonchev–Trinajstić information content (AvgIpc) is 2.53. The van der Waals surface area contributed by atoms with Gasteiger partial charge in [0.05, 0.1) is 6.67 Å². The van der Waals surface area contributed by atoms with Crippen LogP contribution in [0.25, 0.3) is 0 Å². The Labute approximate surface area is 153 Å². The van der Waals surface area contributed by atoms with E-state index in [2.05, 4.69) is 51.3 Å². The van der Waals surface area contributed by atoms with Crippen LogP contribution in [0.2, 0.25) is 0 Å². The zero-order valence-corrected chi connectivity index (χ0v) is 17.7. The average molecular weight is 339 g/mol. The van der Waals surface area contributed by atoms with Crippen molar-refractivity contribution in [3.8, 4) is 0 Å². The highest BCUT2D eigenvalue weighted by atomic mass is 15.3. The van der Waals surface area contributed by atoms with Crippen LogP contribution in [0.5, 0.6) is 0 Å². The van der Waals surface area contributed by atoms with Gasteiger partial charge in [0.2, 0.25) is 0 Å². The molecule has 0 amide bonds. The van der Waals surface area contributed by atoms with Crippen molar-refractivity contribution in [1.82, 2.24) is 9.80 Å². The summed E-state index contributed by atoms with van der Waals surface area (Å²) in [6, 6.07) is 0. The van der Waals surface area contributed by atoms with Crippen molar-refractivity contribution < 1.29 is 0 Å². The molecule has 0 aromatic heterocycles. The maximum Gasteiger partial charge on any atom is 0.0506 e. The summed E-state index contributed by atoms with van der Waals surface area (Å²) < 4.78 is 0. The number of unbranched alkanes of at least 4 members (excludes halogenated alkanes) is 2. The van der Waals surface area contributed by atoms with Gasteiger partial charge in [-0.15, -0.1) is 0 Å². The van der Waals surface area contributed by atoms with E-state index in [9.17, 15) is 0 Å². The van der Waals surface area contributed by atoms with Gasteiger partial charge in [-0.3, -0.25) is 9.80 Å². The predicted octanol–water partition coefficient (Wildman–Crippen LogP) is 6.02. The Morgan fingerprint density at radius 1 is 0.750 bits per heavy atom. The third-order valence-electron chi connectivity index (χ3n) is 5.82. The summed E-state index contributed by atoms with van der Waals surface area (Å²) in [7, 11) is 0. The molecule has 2 atom stereocenters. The maximum absolute atomic E-state index is 2.76. The van der Waals surface area contributed by atoms with Gasteiger partial charge < -0.3 is 0 Å². The van der Waals surface area contributed by atoms with Crippen molar-refractivity contribution in [3.05, 3.63) is 0 Å². The largest absolute Gasteiger partial charge is 0.290 e. The van der Waals surface area contributed by atoms with Crippen molar-refractivity contribution >= 4 is 0 Å². The normalized spacial score (nSPS) is 21.8. The fourth-order valence-corrected chi connectivity index (χ4v) is 4.45. The summed E-state index contributed by atoms with van der Waals surface area (Å²) in [5, 5.41) is 0. The first-order valence-electron chi connectivity index (χ1n) is 10.9. The first kappa shape index (κ1) is 22.0. The van der Waals surface area contributed by atoms with Gasteiger partial charge in [-0.05, 0) is 30.1 Å². The molecule has 2 heteroatoms. The molecule has 2 nitrogen and oxygen atoms in total. The molecule has 24 heavy (non-hydrogen) atoms. The lowest BCUT2D eigenvalue weighted by molar-refractivity contribution is -0.00863. The first-order valence-corrected chi connectivity index (χ1v) is 10.9. The second-order valence-electron chi connectivity index (χ2n) is 9.16. The van der Waals surface area contributed by atoms with E-state index >= 15 is 0 Å². The van der Waals surface area contributed by atoms with Gasteiger partial charge >= 0.3 is 0 Å². The highest BCUT2D eigenvalue weighted by molar-refractivity contribution is 4.85. The molecule has 1 aliphatic heterocycles. The Kier molecular flexibility index (Phi) is 10.5. The van der Waals surface area contributed by atoms with Crippen LogP contribution < -0.4 is 0 Å². The fraction of sp³-hybridized carbons (Fsp3) is 1.00. The molecule has 0 saturated carbocycles. The molecular formula is C22H46N2. The molecule has 0 bridgehead atoms. The van der Waals surface area contributed by atoms with E-state index in [0.29, 0.717) is 5.41 Å². The third kappa shape index (κ3) is 8.34. The summed E-state index contributed by atoms with van der Waals surface area (Å²) in [4.78, 5) is 5.53. The molecular weight excluding hydrogens is 292 g/mol. The highest BCUT2D eigenvalue weighted by Crippen LogP contribution is 2.27. The number of nitrogens with zero attached hydrogens (tertiary/aromatic N) is 2. The molecule has 1 saturated heterocycles. The minimum atomic E-state index is 0.435. The molecule has 0 aromatic rings. The number of hydrogen-bond donors (Lipinski definition) is 0. The Hall–Kier alpha value is -0.0800. The fourth-order valence-electron chi connectivity index (χ4n) is 4.45. The molecule has 0 radical (unpaired) electrons. The van der Waals surface area contributed by atoms with Crippen LogP contribution in [0.4, 0.5) is 0 Å². The van der Waals surface area contributed by atoms with Crippen LogP contribution in [0.3, 0.4) is 0 Å². The summed E-state index contributed by atoms with van der Waals surface area (Å²) >= 11 is 0. The third-order valence-corrected chi connectivity index (χ3v) is 5.82. The Bertz CT molecular complexity index is 285. The van der Waals surface area contributed by atoms with Gasteiger partial charge in [0.25, 0.3) is 0 Å². The van der Waals surface area contributed by atoms with Crippen molar-refractivity contribution in [1.29, 1.82) is 0 Å². The lowest BCUT2D eigenvalue weighted by atomic mass is 9.88. The summed E-state index contributed by atoms with van der Waals surface area (Å²) in [5.41, 5.74) is 0.435. The molecule has 0 N–H and O–H groups in total. The molecule has 0 unspecified atom stereocenters.